The highest BCUT2D eigenvalue weighted by Crippen LogP contribution is 2.24. The lowest BCUT2D eigenvalue weighted by Crippen LogP contribution is -2.48. The van der Waals surface area contributed by atoms with Crippen molar-refractivity contribution in [3.05, 3.63) is 76.7 Å². The van der Waals surface area contributed by atoms with Gasteiger partial charge in [-0.25, -0.2) is 9.97 Å². The molecule has 0 N–H and O–H groups in total. The van der Waals surface area contributed by atoms with E-state index in [-0.39, 0.29) is 11.9 Å². The lowest BCUT2D eigenvalue weighted by atomic mass is 10.0. The Labute approximate surface area is 169 Å². The zero-order valence-corrected chi connectivity index (χ0v) is 16.6. The Hall–Kier alpha value is -2.57. The average Bonchev–Trinajstić information content (AvgIpc) is 3.30. The number of carbonyl (C=O) groups excluding carboxylic acids is 1. The van der Waals surface area contributed by atoms with E-state index in [1.165, 1.54) is 16.9 Å². The van der Waals surface area contributed by atoms with Gasteiger partial charge in [0.05, 0.1) is 4.88 Å². The van der Waals surface area contributed by atoms with E-state index in [2.05, 4.69) is 45.2 Å². The summed E-state index contributed by atoms with van der Waals surface area (Å²) < 4.78 is 0. The molecular weight excluding hydrogens is 368 g/mol. The lowest BCUT2D eigenvalue weighted by molar-refractivity contribution is 0.0962. The first kappa shape index (κ1) is 18.8. The summed E-state index contributed by atoms with van der Waals surface area (Å²) in [5.41, 5.74) is 1.37. The van der Waals surface area contributed by atoms with E-state index in [0.29, 0.717) is 5.95 Å². The van der Waals surface area contributed by atoms with Crippen LogP contribution in [0, 0.1) is 0 Å². The smallest absolute Gasteiger partial charge is 0.270 e. The number of hydrogen-bond donors (Lipinski definition) is 0. The normalized spacial score (nSPS) is 15.4. The van der Waals surface area contributed by atoms with Gasteiger partial charge in [-0.15, -0.1) is 11.3 Å². The molecule has 1 aliphatic heterocycles. The van der Waals surface area contributed by atoms with Crippen LogP contribution in [0.5, 0.6) is 0 Å². The van der Waals surface area contributed by atoms with Crippen molar-refractivity contribution in [2.24, 2.45) is 0 Å². The molecule has 28 heavy (non-hydrogen) atoms. The van der Waals surface area contributed by atoms with Gasteiger partial charge in [0, 0.05) is 38.1 Å². The van der Waals surface area contributed by atoms with Gasteiger partial charge in [-0.3, -0.25) is 9.69 Å². The zero-order valence-electron chi connectivity index (χ0n) is 15.8. The molecule has 0 spiro atoms. The van der Waals surface area contributed by atoms with E-state index in [1.54, 1.807) is 23.4 Å². The predicted molar refractivity (Wildman–Crippen MR) is 113 cm³/mol. The van der Waals surface area contributed by atoms with Crippen molar-refractivity contribution in [3.63, 3.8) is 0 Å². The summed E-state index contributed by atoms with van der Waals surface area (Å²) in [7, 11) is 0. The van der Waals surface area contributed by atoms with Crippen molar-refractivity contribution in [2.45, 2.75) is 25.3 Å². The van der Waals surface area contributed by atoms with Crippen LogP contribution in [-0.4, -0.2) is 46.5 Å². The van der Waals surface area contributed by atoms with Gasteiger partial charge in [-0.05, 0) is 42.3 Å². The molecule has 0 aliphatic carbocycles. The van der Waals surface area contributed by atoms with Crippen molar-refractivity contribution >= 4 is 23.2 Å². The molecule has 0 saturated carbocycles. The molecule has 4 rings (SSSR count). The van der Waals surface area contributed by atoms with Gasteiger partial charge in [-0.1, -0.05) is 36.4 Å². The largest absolute Gasteiger partial charge is 0.303 e. The predicted octanol–water partition coefficient (Wildman–Crippen LogP) is 3.89. The summed E-state index contributed by atoms with van der Waals surface area (Å²) in [5, 5.41) is 1.93. The summed E-state index contributed by atoms with van der Waals surface area (Å²) in [5.74, 6) is 0.507. The second-order valence-corrected chi connectivity index (χ2v) is 7.96. The Bertz CT molecular complexity index is 862. The van der Waals surface area contributed by atoms with Crippen LogP contribution in [0.3, 0.4) is 0 Å². The monoisotopic (exact) mass is 392 g/mol. The van der Waals surface area contributed by atoms with Crippen molar-refractivity contribution in [1.82, 2.24) is 14.9 Å². The maximum atomic E-state index is 13.1. The van der Waals surface area contributed by atoms with Crippen LogP contribution in [0.25, 0.3) is 0 Å². The van der Waals surface area contributed by atoms with Crippen LogP contribution < -0.4 is 4.90 Å². The zero-order chi connectivity index (χ0) is 19.2. The summed E-state index contributed by atoms with van der Waals surface area (Å²) in [6.07, 6.45) is 6.33. The molecule has 3 heterocycles. The SMILES string of the molecule is O=C(c1cccs1)N(c1ncccn1)C1CCN(CCc2ccccc2)CC1. The molecule has 1 aliphatic rings. The number of anilines is 1. The minimum atomic E-state index is 0.00364. The van der Waals surface area contributed by atoms with Crippen LogP contribution in [0.4, 0.5) is 5.95 Å². The number of rotatable bonds is 6. The first-order valence-corrected chi connectivity index (χ1v) is 10.6. The number of thiophene rings is 1. The van der Waals surface area contributed by atoms with Gasteiger partial charge in [0.25, 0.3) is 5.91 Å². The third kappa shape index (κ3) is 4.46. The Morgan fingerprint density at radius 3 is 2.46 bits per heavy atom. The highest BCUT2D eigenvalue weighted by Gasteiger charge is 2.31. The Kier molecular flexibility index (Phi) is 6.09. The van der Waals surface area contributed by atoms with Crippen LogP contribution in [0.1, 0.15) is 28.1 Å². The van der Waals surface area contributed by atoms with Gasteiger partial charge in [0.2, 0.25) is 5.95 Å². The summed E-state index contributed by atoms with van der Waals surface area (Å²) in [6.45, 7) is 3.02. The molecule has 1 fully saturated rings. The molecule has 1 amide bonds. The number of likely N-dealkylation sites (tertiary alicyclic amines) is 1. The molecular formula is C22H24N4OS. The van der Waals surface area contributed by atoms with E-state index >= 15 is 0 Å². The fourth-order valence-electron chi connectivity index (χ4n) is 3.69. The highest BCUT2D eigenvalue weighted by atomic mass is 32.1. The lowest BCUT2D eigenvalue weighted by Gasteiger charge is -2.37. The number of amides is 1. The minimum absolute atomic E-state index is 0.00364. The number of benzene rings is 1. The number of nitrogens with zero attached hydrogens (tertiary/aromatic N) is 4. The van der Waals surface area contributed by atoms with E-state index in [1.807, 2.05) is 17.5 Å². The van der Waals surface area contributed by atoms with Gasteiger partial charge in [-0.2, -0.15) is 0 Å². The number of carbonyl (C=O) groups is 1. The second kappa shape index (κ2) is 9.08. The molecule has 5 nitrogen and oxygen atoms in total. The van der Waals surface area contributed by atoms with Crippen LogP contribution >= 0.6 is 11.3 Å². The molecule has 144 valence electrons. The molecule has 0 bridgehead atoms. The minimum Gasteiger partial charge on any atom is -0.303 e. The summed E-state index contributed by atoms with van der Waals surface area (Å²) in [6, 6.07) is 16.3. The fraction of sp³-hybridized carbons (Fsp3) is 0.318. The molecule has 3 aromatic rings. The van der Waals surface area contributed by atoms with Gasteiger partial charge in [0.15, 0.2) is 0 Å². The Balaban J connectivity index is 1.42. The van der Waals surface area contributed by atoms with Crippen molar-refractivity contribution in [1.29, 1.82) is 0 Å². The first-order valence-electron chi connectivity index (χ1n) is 9.71. The third-order valence-electron chi connectivity index (χ3n) is 5.20. The third-order valence-corrected chi connectivity index (χ3v) is 6.06. The number of piperidine rings is 1. The molecule has 6 heteroatoms. The van der Waals surface area contributed by atoms with E-state index in [9.17, 15) is 4.79 Å². The molecule has 1 saturated heterocycles. The van der Waals surface area contributed by atoms with Crippen LogP contribution in [-0.2, 0) is 6.42 Å². The van der Waals surface area contributed by atoms with Crippen LogP contribution in [0.2, 0.25) is 0 Å². The van der Waals surface area contributed by atoms with Gasteiger partial charge in [0.1, 0.15) is 0 Å². The molecule has 1 aromatic carbocycles. The fourth-order valence-corrected chi connectivity index (χ4v) is 4.35. The molecule has 0 unspecified atom stereocenters. The molecule has 0 atom stereocenters. The van der Waals surface area contributed by atoms with E-state index in [0.717, 1.165) is 43.8 Å². The maximum absolute atomic E-state index is 13.1. The standard InChI is InChI=1S/C22H24N4OS/c27-21(20-8-4-17-28-20)26(22-23-12-5-13-24-22)19-10-15-25(16-11-19)14-9-18-6-2-1-3-7-18/h1-8,12-13,17,19H,9-11,14-16H2. The number of hydrogen-bond acceptors (Lipinski definition) is 5. The quantitative estimate of drug-likeness (QED) is 0.639. The van der Waals surface area contributed by atoms with Gasteiger partial charge >= 0.3 is 0 Å². The second-order valence-electron chi connectivity index (χ2n) is 7.01. The maximum Gasteiger partial charge on any atom is 0.270 e. The van der Waals surface area contributed by atoms with Gasteiger partial charge < -0.3 is 4.90 Å². The Morgan fingerprint density at radius 2 is 1.79 bits per heavy atom. The molecule has 0 radical (unpaired) electrons. The van der Waals surface area contributed by atoms with Crippen molar-refractivity contribution < 1.29 is 4.79 Å². The number of aromatic nitrogens is 2. The van der Waals surface area contributed by atoms with Crippen LogP contribution in [0.15, 0.2) is 66.3 Å². The van der Waals surface area contributed by atoms with E-state index < -0.39 is 0 Å². The summed E-state index contributed by atoms with van der Waals surface area (Å²) in [4.78, 5) is 26.9. The molecule has 2 aromatic heterocycles. The van der Waals surface area contributed by atoms with Crippen molar-refractivity contribution in [3.8, 4) is 0 Å². The summed E-state index contributed by atoms with van der Waals surface area (Å²) >= 11 is 1.47. The van der Waals surface area contributed by atoms with Crippen molar-refractivity contribution in [2.75, 3.05) is 24.5 Å². The average molecular weight is 393 g/mol. The topological polar surface area (TPSA) is 49.3 Å². The van der Waals surface area contributed by atoms with E-state index in [4.69, 9.17) is 0 Å². The highest BCUT2D eigenvalue weighted by molar-refractivity contribution is 7.12. The first-order chi connectivity index (χ1) is 13.8. The Morgan fingerprint density at radius 1 is 1.04 bits per heavy atom.